The maximum absolute atomic E-state index is 14.1. The molecule has 0 amide bonds. The molecule has 292 valence electrons. The Morgan fingerprint density at radius 1 is 0.345 bits per heavy atom. The second-order valence-electron chi connectivity index (χ2n) is 13.5. The van der Waals surface area contributed by atoms with Crippen molar-refractivity contribution in [3.8, 4) is 0 Å². The molecule has 8 rings (SSSR count). The molecule has 0 aliphatic rings. The van der Waals surface area contributed by atoms with E-state index in [0.717, 1.165) is 0 Å². The van der Waals surface area contributed by atoms with E-state index in [-0.39, 0.29) is 76.0 Å². The molecule has 0 spiro atoms. The van der Waals surface area contributed by atoms with Gasteiger partial charge in [-0.05, 0) is 123 Å². The first-order valence-corrected chi connectivity index (χ1v) is 18.8. The van der Waals surface area contributed by atoms with Gasteiger partial charge in [0, 0.05) is 16.2 Å². The van der Waals surface area contributed by atoms with Crippen molar-refractivity contribution in [2.75, 3.05) is 40.6 Å². The Morgan fingerprint density at radius 3 is 1.17 bits per heavy atom. The molecular formula is C46H36O12. The molecule has 0 radical (unpaired) electrons. The van der Waals surface area contributed by atoms with Crippen LogP contribution in [0.5, 0.6) is 0 Å². The summed E-state index contributed by atoms with van der Waals surface area (Å²) in [4.78, 5) is 82.8. The van der Waals surface area contributed by atoms with Crippen molar-refractivity contribution in [2.45, 2.75) is 27.7 Å². The zero-order chi connectivity index (χ0) is 41.2. The van der Waals surface area contributed by atoms with Crippen LogP contribution in [0.1, 0.15) is 89.8 Å². The summed E-state index contributed by atoms with van der Waals surface area (Å²) in [5, 5.41) is 6.57. The largest absolute Gasteiger partial charge is 0.465 e. The van der Waals surface area contributed by atoms with Crippen LogP contribution in [0.4, 0.5) is 0 Å². The Morgan fingerprint density at radius 2 is 0.707 bits per heavy atom. The van der Waals surface area contributed by atoms with Gasteiger partial charge in [-0.1, -0.05) is 24.3 Å². The van der Waals surface area contributed by atoms with Crippen molar-refractivity contribution >= 4 is 111 Å². The molecule has 0 heterocycles. The highest BCUT2D eigenvalue weighted by atomic mass is 16.5. The Hall–Kier alpha value is -7.08. The highest BCUT2D eigenvalue weighted by Crippen LogP contribution is 2.52. The van der Waals surface area contributed by atoms with E-state index in [4.69, 9.17) is 28.4 Å². The number of carbonyl (C=O) groups excluding carboxylic acids is 6. The molecule has 8 aromatic rings. The number of hydrogen-bond acceptors (Lipinski definition) is 12. The molecule has 58 heavy (non-hydrogen) atoms. The highest BCUT2D eigenvalue weighted by Gasteiger charge is 2.32. The zero-order valence-corrected chi connectivity index (χ0v) is 32.5. The summed E-state index contributed by atoms with van der Waals surface area (Å²) in [6, 6.07) is 16.5. The van der Waals surface area contributed by atoms with Crippen LogP contribution in [0.15, 0.2) is 60.7 Å². The van der Waals surface area contributed by atoms with E-state index in [1.165, 1.54) is 20.3 Å². The van der Waals surface area contributed by atoms with Crippen molar-refractivity contribution in [2.24, 2.45) is 0 Å². The lowest BCUT2D eigenvalue weighted by Crippen LogP contribution is -2.13. The van der Waals surface area contributed by atoms with E-state index >= 15 is 0 Å². The standard InChI is InChI=1S/C46H36O12/c1-7-55-43(49)25-16-14-21-22-15-17-26(44(50)56-8-2)36-32(46(52)58-10-4)20-29-34-23-12-11-13-24(41(47)53-5)33(23)30(42(48)54-6)18-27(34)28-19-31(45(51)57-9-3)35(25)37(21)39(28)40(29)38(22)36/h11-20H,7-10H2,1-6H3. The summed E-state index contributed by atoms with van der Waals surface area (Å²) in [6.07, 6.45) is 0. The van der Waals surface area contributed by atoms with Gasteiger partial charge >= 0.3 is 35.8 Å². The minimum absolute atomic E-state index is 0.0371. The van der Waals surface area contributed by atoms with Gasteiger partial charge < -0.3 is 28.4 Å². The molecule has 0 bridgehead atoms. The summed E-state index contributed by atoms with van der Waals surface area (Å²) in [6.45, 7) is 6.94. The van der Waals surface area contributed by atoms with Gasteiger partial charge in [0.15, 0.2) is 0 Å². The van der Waals surface area contributed by atoms with Gasteiger partial charge in [0.2, 0.25) is 0 Å². The molecular weight excluding hydrogens is 744 g/mol. The molecule has 12 nitrogen and oxygen atoms in total. The molecule has 0 saturated heterocycles. The predicted molar refractivity (Wildman–Crippen MR) is 218 cm³/mol. The van der Waals surface area contributed by atoms with E-state index < -0.39 is 35.8 Å². The van der Waals surface area contributed by atoms with Gasteiger partial charge in [-0.2, -0.15) is 0 Å². The van der Waals surface area contributed by atoms with Crippen molar-refractivity contribution in [3.63, 3.8) is 0 Å². The lowest BCUT2D eigenvalue weighted by atomic mass is 9.78. The zero-order valence-electron chi connectivity index (χ0n) is 32.5. The highest BCUT2D eigenvalue weighted by molar-refractivity contribution is 6.49. The van der Waals surface area contributed by atoms with E-state index in [1.54, 1.807) is 82.3 Å². The normalized spacial score (nSPS) is 11.6. The minimum atomic E-state index is -0.743. The van der Waals surface area contributed by atoms with Gasteiger partial charge in [0.25, 0.3) is 0 Å². The topological polar surface area (TPSA) is 158 Å². The lowest BCUT2D eigenvalue weighted by molar-refractivity contribution is 0.0511. The summed E-state index contributed by atoms with van der Waals surface area (Å²) < 4.78 is 32.7. The third-order valence-electron chi connectivity index (χ3n) is 10.6. The maximum Gasteiger partial charge on any atom is 0.338 e. The van der Waals surface area contributed by atoms with Crippen LogP contribution in [-0.2, 0) is 28.4 Å². The monoisotopic (exact) mass is 780 g/mol. The quantitative estimate of drug-likeness (QED) is 0.0563. The number of fused-ring (bicyclic) bond motifs is 6. The van der Waals surface area contributed by atoms with E-state index in [9.17, 15) is 28.8 Å². The first kappa shape index (κ1) is 37.8. The van der Waals surface area contributed by atoms with E-state index in [2.05, 4.69) is 0 Å². The number of esters is 6. The van der Waals surface area contributed by atoms with Gasteiger partial charge in [-0.15, -0.1) is 0 Å². The van der Waals surface area contributed by atoms with Gasteiger partial charge in [-0.3, -0.25) is 0 Å². The van der Waals surface area contributed by atoms with Crippen molar-refractivity contribution in [1.82, 2.24) is 0 Å². The van der Waals surface area contributed by atoms with Crippen LogP contribution in [0.2, 0.25) is 0 Å². The summed E-state index contributed by atoms with van der Waals surface area (Å²) in [5.74, 6) is -4.15. The Bertz CT molecular complexity index is 3090. The second-order valence-corrected chi connectivity index (χ2v) is 13.5. The number of hydrogen-bond donors (Lipinski definition) is 0. The van der Waals surface area contributed by atoms with Crippen LogP contribution >= 0.6 is 0 Å². The smallest absolute Gasteiger partial charge is 0.338 e. The third kappa shape index (κ3) is 5.35. The fraction of sp³-hybridized carbons (Fsp3) is 0.217. The lowest BCUT2D eigenvalue weighted by Gasteiger charge is -2.25. The molecule has 0 aromatic heterocycles. The molecule has 12 heteroatoms. The van der Waals surface area contributed by atoms with E-state index in [0.29, 0.717) is 59.2 Å². The van der Waals surface area contributed by atoms with Crippen molar-refractivity contribution in [3.05, 3.63) is 94.0 Å². The summed E-state index contributed by atoms with van der Waals surface area (Å²) >= 11 is 0. The van der Waals surface area contributed by atoms with Gasteiger partial charge in [-0.25, -0.2) is 28.8 Å². The fourth-order valence-electron chi connectivity index (χ4n) is 8.54. The molecule has 0 unspecified atom stereocenters. The van der Waals surface area contributed by atoms with Crippen LogP contribution in [0, 0.1) is 0 Å². The molecule has 0 fully saturated rings. The number of benzene rings is 8. The minimum Gasteiger partial charge on any atom is -0.465 e. The predicted octanol–water partition coefficient (Wildman–Crippen LogP) is 8.91. The number of ether oxygens (including phenoxy) is 6. The molecule has 0 aliphatic heterocycles. The Kier molecular flexibility index (Phi) is 9.42. The first-order chi connectivity index (χ1) is 28.1. The molecule has 0 atom stereocenters. The fourth-order valence-corrected chi connectivity index (χ4v) is 8.54. The summed E-state index contributed by atoms with van der Waals surface area (Å²) in [5.41, 5.74) is 0.536. The molecule has 0 N–H and O–H groups in total. The van der Waals surface area contributed by atoms with Crippen LogP contribution in [-0.4, -0.2) is 76.5 Å². The van der Waals surface area contributed by atoms with Gasteiger partial charge in [0.05, 0.1) is 74.0 Å². The molecule has 0 aliphatic carbocycles. The van der Waals surface area contributed by atoms with Crippen LogP contribution < -0.4 is 0 Å². The third-order valence-corrected chi connectivity index (χ3v) is 10.6. The molecule has 8 aromatic carbocycles. The Labute approximate surface area is 330 Å². The number of rotatable bonds is 10. The molecule has 0 saturated carbocycles. The van der Waals surface area contributed by atoms with Crippen LogP contribution in [0.3, 0.4) is 0 Å². The van der Waals surface area contributed by atoms with Crippen molar-refractivity contribution < 1.29 is 57.2 Å². The van der Waals surface area contributed by atoms with Gasteiger partial charge in [0.1, 0.15) is 0 Å². The summed E-state index contributed by atoms with van der Waals surface area (Å²) in [7, 11) is 2.46. The average Bonchev–Trinajstić information content (AvgIpc) is 3.23. The Balaban J connectivity index is 1.79. The van der Waals surface area contributed by atoms with Crippen molar-refractivity contribution in [1.29, 1.82) is 0 Å². The average molecular weight is 781 g/mol. The first-order valence-electron chi connectivity index (χ1n) is 18.8. The van der Waals surface area contributed by atoms with E-state index in [1.807, 2.05) is 0 Å². The SMILES string of the molecule is CCOC(=O)c1ccc2c3ccc(C(=O)OCC)c4c(C(=O)OCC)cc5c6c7cccc(C(=O)OC)c7c(C(=O)OC)cc6c6cc(C(=O)OCC)c1c2c6c5c43. The second kappa shape index (κ2) is 14.5. The number of carbonyl (C=O) groups is 6. The maximum atomic E-state index is 14.1. The van der Waals surface area contributed by atoms with Crippen LogP contribution in [0.25, 0.3) is 75.4 Å². The number of methoxy groups -OCH3 is 2.